The van der Waals surface area contributed by atoms with Crippen LogP contribution in [0.25, 0.3) is 10.2 Å². The van der Waals surface area contributed by atoms with Gasteiger partial charge in [-0.25, -0.2) is 4.98 Å². The molecule has 0 aromatic carbocycles. The van der Waals surface area contributed by atoms with Gasteiger partial charge in [0.05, 0.1) is 17.5 Å². The number of nitrogens with zero attached hydrogens (tertiary/aromatic N) is 2. The maximum absolute atomic E-state index is 12.3. The van der Waals surface area contributed by atoms with E-state index in [1.807, 2.05) is 20.8 Å². The van der Waals surface area contributed by atoms with Crippen LogP contribution in [0, 0.1) is 13.8 Å². The average Bonchev–Trinajstić information content (AvgIpc) is 2.73. The molecule has 6 heteroatoms. The summed E-state index contributed by atoms with van der Waals surface area (Å²) in [5, 5.41) is 10.5. The Hall–Kier alpha value is -1.24. The molecule has 5 nitrogen and oxygen atoms in total. The molecule has 3 heterocycles. The van der Waals surface area contributed by atoms with E-state index in [1.54, 1.807) is 11.3 Å². The van der Waals surface area contributed by atoms with Gasteiger partial charge in [0.15, 0.2) is 0 Å². The van der Waals surface area contributed by atoms with Crippen molar-refractivity contribution in [3.63, 3.8) is 0 Å². The van der Waals surface area contributed by atoms with Crippen LogP contribution in [-0.4, -0.2) is 39.2 Å². The Kier molecular flexibility index (Phi) is 3.86. The van der Waals surface area contributed by atoms with E-state index in [2.05, 4.69) is 14.9 Å². The second-order valence-corrected chi connectivity index (χ2v) is 7.08. The number of H-pyrrole nitrogens is 1. The zero-order valence-electron chi connectivity index (χ0n) is 12.6. The van der Waals surface area contributed by atoms with Crippen LogP contribution >= 0.6 is 11.3 Å². The van der Waals surface area contributed by atoms with Crippen molar-refractivity contribution >= 4 is 21.6 Å². The fourth-order valence-electron chi connectivity index (χ4n) is 2.98. The minimum absolute atomic E-state index is 0.0137. The highest BCUT2D eigenvalue weighted by molar-refractivity contribution is 7.18. The Labute approximate surface area is 127 Å². The smallest absolute Gasteiger partial charge is 0.259 e. The summed E-state index contributed by atoms with van der Waals surface area (Å²) in [7, 11) is 0. The number of fused-ring (bicyclic) bond motifs is 1. The van der Waals surface area contributed by atoms with Gasteiger partial charge in [0.25, 0.3) is 5.56 Å². The Morgan fingerprint density at radius 1 is 1.48 bits per heavy atom. The maximum atomic E-state index is 12.3. The first-order valence-corrected chi connectivity index (χ1v) is 8.21. The molecule has 1 saturated heterocycles. The van der Waals surface area contributed by atoms with Crippen molar-refractivity contribution in [2.24, 2.45) is 0 Å². The molecular weight excluding hydrogens is 286 g/mol. The van der Waals surface area contributed by atoms with Crippen molar-refractivity contribution in [2.75, 3.05) is 13.1 Å². The number of piperidine rings is 1. The van der Waals surface area contributed by atoms with Crippen molar-refractivity contribution in [1.29, 1.82) is 0 Å². The van der Waals surface area contributed by atoms with Gasteiger partial charge < -0.3 is 10.1 Å². The average molecular weight is 307 g/mol. The second kappa shape index (κ2) is 5.51. The van der Waals surface area contributed by atoms with Gasteiger partial charge in [-0.2, -0.15) is 0 Å². The van der Waals surface area contributed by atoms with E-state index >= 15 is 0 Å². The number of aliphatic hydroxyl groups is 1. The number of aromatic amines is 1. The summed E-state index contributed by atoms with van der Waals surface area (Å²) in [4.78, 5) is 24.1. The number of hydrogen-bond donors (Lipinski definition) is 2. The lowest BCUT2D eigenvalue weighted by Gasteiger charge is -2.34. The Morgan fingerprint density at radius 3 is 2.95 bits per heavy atom. The molecule has 2 unspecified atom stereocenters. The van der Waals surface area contributed by atoms with E-state index < -0.39 is 0 Å². The summed E-state index contributed by atoms with van der Waals surface area (Å²) >= 11 is 1.57. The first-order chi connectivity index (χ1) is 9.97. The fraction of sp³-hybridized carbons (Fsp3) is 0.600. The molecular formula is C15H21N3O2S. The molecule has 2 aromatic rings. The van der Waals surface area contributed by atoms with Crippen LogP contribution in [0.1, 0.15) is 42.1 Å². The summed E-state index contributed by atoms with van der Waals surface area (Å²) in [6, 6.07) is 0.0137. The van der Waals surface area contributed by atoms with E-state index in [9.17, 15) is 9.90 Å². The number of aryl methyl sites for hydroxylation is 2. The number of aliphatic hydroxyl groups excluding tert-OH is 1. The van der Waals surface area contributed by atoms with Crippen LogP contribution in [0.3, 0.4) is 0 Å². The normalized spacial score (nSPS) is 21.8. The van der Waals surface area contributed by atoms with Crippen molar-refractivity contribution in [3.05, 3.63) is 26.6 Å². The SMILES string of the molecule is Cc1sc2nc(C(C)N3CCCC(O)C3)[nH]c(=O)c2c1C. The molecule has 0 radical (unpaired) electrons. The topological polar surface area (TPSA) is 69.2 Å². The lowest BCUT2D eigenvalue weighted by Crippen LogP contribution is -2.40. The second-order valence-electron chi connectivity index (χ2n) is 5.88. The summed E-state index contributed by atoms with van der Waals surface area (Å²) in [5.74, 6) is 0.697. The highest BCUT2D eigenvalue weighted by Gasteiger charge is 2.25. The third-order valence-electron chi connectivity index (χ3n) is 4.43. The summed E-state index contributed by atoms with van der Waals surface area (Å²) in [6.45, 7) is 7.60. The molecule has 0 saturated carbocycles. The first kappa shape index (κ1) is 14.7. The molecule has 21 heavy (non-hydrogen) atoms. The summed E-state index contributed by atoms with van der Waals surface area (Å²) in [6.07, 6.45) is 1.56. The predicted molar refractivity (Wildman–Crippen MR) is 84.9 cm³/mol. The lowest BCUT2D eigenvalue weighted by atomic mass is 10.1. The quantitative estimate of drug-likeness (QED) is 0.891. The van der Waals surface area contributed by atoms with Gasteiger partial charge >= 0.3 is 0 Å². The van der Waals surface area contributed by atoms with Crippen molar-refractivity contribution < 1.29 is 5.11 Å². The number of likely N-dealkylation sites (tertiary alicyclic amines) is 1. The number of hydrogen-bond acceptors (Lipinski definition) is 5. The van der Waals surface area contributed by atoms with Crippen molar-refractivity contribution in [2.45, 2.75) is 45.8 Å². The van der Waals surface area contributed by atoms with Crippen molar-refractivity contribution in [1.82, 2.24) is 14.9 Å². The Balaban J connectivity index is 1.98. The van der Waals surface area contributed by atoms with E-state index in [1.165, 1.54) is 0 Å². The predicted octanol–water partition coefficient (Wildman–Crippen LogP) is 2.12. The molecule has 114 valence electrons. The molecule has 0 spiro atoms. The van der Waals surface area contributed by atoms with Gasteiger partial charge in [0, 0.05) is 11.4 Å². The van der Waals surface area contributed by atoms with E-state index in [0.29, 0.717) is 17.8 Å². The van der Waals surface area contributed by atoms with Crippen LogP contribution in [0.2, 0.25) is 0 Å². The van der Waals surface area contributed by atoms with Crippen molar-refractivity contribution in [3.8, 4) is 0 Å². The highest BCUT2D eigenvalue weighted by atomic mass is 32.1. The number of nitrogens with one attached hydrogen (secondary N) is 1. The maximum Gasteiger partial charge on any atom is 0.259 e. The third kappa shape index (κ3) is 2.63. The van der Waals surface area contributed by atoms with Gasteiger partial charge in [-0.1, -0.05) is 0 Å². The summed E-state index contributed by atoms with van der Waals surface area (Å²) < 4.78 is 0. The zero-order chi connectivity index (χ0) is 15.1. The number of thiophene rings is 1. The van der Waals surface area contributed by atoms with E-state index in [-0.39, 0.29) is 17.7 Å². The molecule has 2 atom stereocenters. The highest BCUT2D eigenvalue weighted by Crippen LogP contribution is 2.28. The number of β-amino-alcohol motifs (C(OH)–C–C–N with tert-alkyl or cyclic N) is 1. The molecule has 2 N–H and O–H groups in total. The monoisotopic (exact) mass is 307 g/mol. The van der Waals surface area contributed by atoms with Gasteiger partial charge in [0.2, 0.25) is 0 Å². The Bertz CT molecular complexity index is 722. The first-order valence-electron chi connectivity index (χ1n) is 7.39. The lowest BCUT2D eigenvalue weighted by molar-refractivity contribution is 0.0484. The molecule has 2 aromatic heterocycles. The van der Waals surface area contributed by atoms with Crippen LogP contribution in [0.15, 0.2) is 4.79 Å². The third-order valence-corrected chi connectivity index (χ3v) is 5.53. The number of rotatable bonds is 2. The molecule has 0 aliphatic carbocycles. The van der Waals surface area contributed by atoms with E-state index in [0.717, 1.165) is 34.7 Å². The van der Waals surface area contributed by atoms with E-state index in [4.69, 9.17) is 0 Å². The van der Waals surface area contributed by atoms with Gasteiger partial charge in [0.1, 0.15) is 10.7 Å². The van der Waals surface area contributed by atoms with Crippen LogP contribution in [0.5, 0.6) is 0 Å². The van der Waals surface area contributed by atoms with Gasteiger partial charge in [-0.15, -0.1) is 11.3 Å². The molecule has 1 fully saturated rings. The largest absolute Gasteiger partial charge is 0.392 e. The minimum atomic E-state index is -0.275. The minimum Gasteiger partial charge on any atom is -0.392 e. The molecule has 1 aliphatic rings. The van der Waals surface area contributed by atoms with Crippen LogP contribution in [-0.2, 0) is 0 Å². The molecule has 0 bridgehead atoms. The van der Waals surface area contributed by atoms with Gasteiger partial charge in [-0.05, 0) is 45.7 Å². The van der Waals surface area contributed by atoms with Crippen LogP contribution < -0.4 is 5.56 Å². The summed E-state index contributed by atoms with van der Waals surface area (Å²) in [5.41, 5.74) is 0.970. The standard InChI is InChI=1S/C15H21N3O2S/c1-8-10(3)21-15-12(8)14(20)16-13(17-15)9(2)18-6-4-5-11(19)7-18/h9,11,19H,4-7H2,1-3H3,(H,16,17,20). The molecule has 1 aliphatic heterocycles. The number of aromatic nitrogens is 2. The molecule has 3 rings (SSSR count). The fourth-order valence-corrected chi connectivity index (χ4v) is 4.01. The van der Waals surface area contributed by atoms with Crippen LogP contribution in [0.4, 0.5) is 0 Å². The Morgan fingerprint density at radius 2 is 2.24 bits per heavy atom. The zero-order valence-corrected chi connectivity index (χ0v) is 13.5. The van der Waals surface area contributed by atoms with Gasteiger partial charge in [-0.3, -0.25) is 9.69 Å². The molecule has 0 amide bonds.